The average Bonchev–Trinajstić information content (AvgIpc) is 3.27. The lowest BCUT2D eigenvalue weighted by Gasteiger charge is -2.18. The van der Waals surface area contributed by atoms with Crippen LogP contribution in [0.1, 0.15) is 323 Å². The normalized spacial score (nSPS) is 12.0. The molecule has 0 saturated carbocycles. The summed E-state index contributed by atoms with van der Waals surface area (Å²) in [6, 6.07) is 0. The van der Waals surface area contributed by atoms with E-state index in [4.69, 9.17) is 14.2 Å². The molecule has 0 unspecified atom stereocenters. The molecule has 0 aliphatic rings. The third kappa shape index (κ3) is 51.3. The largest absolute Gasteiger partial charge is 0.462 e. The number of unbranched alkanes of at least 4 members (excludes halogenated alkanes) is 39. The number of esters is 3. The van der Waals surface area contributed by atoms with Crippen molar-refractivity contribution in [2.24, 2.45) is 5.92 Å². The van der Waals surface area contributed by atoms with Gasteiger partial charge >= 0.3 is 17.9 Å². The Balaban J connectivity index is 4.13. The Hall–Kier alpha value is -1.59. The average molecular weight is 892 g/mol. The number of hydrogen-bond donors (Lipinski definition) is 0. The van der Waals surface area contributed by atoms with E-state index in [1.54, 1.807) is 0 Å². The van der Waals surface area contributed by atoms with E-state index >= 15 is 0 Å². The highest BCUT2D eigenvalue weighted by Crippen LogP contribution is 2.18. The summed E-state index contributed by atoms with van der Waals surface area (Å²) in [4.78, 5) is 37.9. The zero-order valence-electron chi connectivity index (χ0n) is 43.0. The van der Waals surface area contributed by atoms with Gasteiger partial charge in [0.2, 0.25) is 0 Å². The molecule has 0 heterocycles. The minimum atomic E-state index is -0.760. The molecule has 0 aromatic carbocycles. The predicted octanol–water partition coefficient (Wildman–Crippen LogP) is 18.6. The molecule has 0 fully saturated rings. The van der Waals surface area contributed by atoms with Gasteiger partial charge in [-0.15, -0.1) is 0 Å². The summed E-state index contributed by atoms with van der Waals surface area (Å²) in [7, 11) is 0. The first kappa shape index (κ1) is 61.4. The lowest BCUT2D eigenvalue weighted by Crippen LogP contribution is -2.30. The summed E-state index contributed by atoms with van der Waals surface area (Å²) >= 11 is 0. The monoisotopic (exact) mass is 891 g/mol. The minimum absolute atomic E-state index is 0.0626. The summed E-state index contributed by atoms with van der Waals surface area (Å²) in [5, 5.41) is 0. The lowest BCUT2D eigenvalue weighted by atomic mass is 10.0. The third-order valence-electron chi connectivity index (χ3n) is 13.0. The summed E-state index contributed by atoms with van der Waals surface area (Å²) in [6.45, 7) is 9.03. The van der Waals surface area contributed by atoms with Crippen molar-refractivity contribution in [2.45, 2.75) is 329 Å². The molecule has 0 bridgehead atoms. The van der Waals surface area contributed by atoms with Crippen LogP contribution in [0.15, 0.2) is 0 Å². The Morgan fingerprint density at radius 1 is 0.302 bits per heavy atom. The van der Waals surface area contributed by atoms with E-state index in [1.807, 2.05) is 0 Å². The number of carbonyl (C=O) groups is 3. The summed E-state index contributed by atoms with van der Waals surface area (Å²) in [5.74, 6) is 0.00787. The molecule has 6 nitrogen and oxygen atoms in total. The van der Waals surface area contributed by atoms with E-state index in [-0.39, 0.29) is 31.1 Å². The van der Waals surface area contributed by atoms with Gasteiger partial charge in [0.1, 0.15) is 13.2 Å². The van der Waals surface area contributed by atoms with Crippen molar-refractivity contribution >= 4 is 17.9 Å². The van der Waals surface area contributed by atoms with Gasteiger partial charge in [-0.1, -0.05) is 285 Å². The van der Waals surface area contributed by atoms with E-state index in [2.05, 4.69) is 27.7 Å². The maximum atomic E-state index is 12.8. The van der Waals surface area contributed by atoms with Gasteiger partial charge in [0.05, 0.1) is 0 Å². The van der Waals surface area contributed by atoms with Crippen LogP contribution >= 0.6 is 0 Å². The van der Waals surface area contributed by atoms with Gasteiger partial charge in [-0.05, 0) is 25.2 Å². The van der Waals surface area contributed by atoms with E-state index < -0.39 is 6.10 Å². The van der Waals surface area contributed by atoms with Crippen LogP contribution in [0.2, 0.25) is 0 Å². The quantitative estimate of drug-likeness (QED) is 0.0344. The second-order valence-electron chi connectivity index (χ2n) is 20.1. The molecule has 0 spiro atoms. The Bertz CT molecular complexity index is 949. The van der Waals surface area contributed by atoms with Gasteiger partial charge < -0.3 is 14.2 Å². The van der Waals surface area contributed by atoms with Crippen LogP contribution in [-0.4, -0.2) is 37.2 Å². The van der Waals surface area contributed by atoms with Gasteiger partial charge in [0, 0.05) is 19.3 Å². The SMILES string of the molecule is CCCCCCCCCCCCCCCCCCCCCC(=O)O[C@H](COC(=O)CCCCCCCCC)COC(=O)CCCCCCCCCCCCCCCCCCC(C)C. The fraction of sp³-hybridized carbons (Fsp3) is 0.947. The van der Waals surface area contributed by atoms with Crippen molar-refractivity contribution in [3.63, 3.8) is 0 Å². The number of hydrogen-bond acceptors (Lipinski definition) is 6. The Morgan fingerprint density at radius 2 is 0.524 bits per heavy atom. The van der Waals surface area contributed by atoms with Crippen molar-refractivity contribution in [2.75, 3.05) is 13.2 Å². The van der Waals surface area contributed by atoms with Crippen molar-refractivity contribution in [3.05, 3.63) is 0 Å². The molecule has 0 saturated heterocycles. The van der Waals surface area contributed by atoms with E-state index in [1.165, 1.54) is 218 Å². The van der Waals surface area contributed by atoms with Gasteiger partial charge in [0.25, 0.3) is 0 Å². The van der Waals surface area contributed by atoms with Crippen molar-refractivity contribution in [3.8, 4) is 0 Å². The highest BCUT2D eigenvalue weighted by Gasteiger charge is 2.19. The zero-order chi connectivity index (χ0) is 45.9. The zero-order valence-corrected chi connectivity index (χ0v) is 43.0. The maximum absolute atomic E-state index is 12.8. The van der Waals surface area contributed by atoms with E-state index in [9.17, 15) is 14.4 Å². The molecule has 63 heavy (non-hydrogen) atoms. The van der Waals surface area contributed by atoms with Gasteiger partial charge in [-0.25, -0.2) is 0 Å². The lowest BCUT2D eigenvalue weighted by molar-refractivity contribution is -0.167. The third-order valence-corrected chi connectivity index (χ3v) is 13.0. The van der Waals surface area contributed by atoms with Crippen LogP contribution in [0.4, 0.5) is 0 Å². The Kier molecular flexibility index (Phi) is 50.1. The molecule has 6 heteroatoms. The smallest absolute Gasteiger partial charge is 0.306 e. The van der Waals surface area contributed by atoms with Crippen molar-refractivity contribution in [1.29, 1.82) is 0 Å². The molecule has 0 aliphatic carbocycles. The Morgan fingerprint density at radius 3 is 0.778 bits per heavy atom. The van der Waals surface area contributed by atoms with E-state index in [0.717, 1.165) is 63.7 Å². The molecule has 0 aromatic heterocycles. The molecular weight excluding hydrogens is 781 g/mol. The fourth-order valence-corrected chi connectivity index (χ4v) is 8.75. The van der Waals surface area contributed by atoms with Crippen LogP contribution < -0.4 is 0 Å². The second-order valence-corrected chi connectivity index (χ2v) is 20.1. The van der Waals surface area contributed by atoms with Crippen LogP contribution in [0.3, 0.4) is 0 Å². The Labute approximate surface area is 393 Å². The molecule has 0 aromatic rings. The summed E-state index contributed by atoms with van der Waals surface area (Å²) < 4.78 is 16.8. The molecule has 0 amide bonds. The first-order valence-corrected chi connectivity index (χ1v) is 28.4. The summed E-state index contributed by atoms with van der Waals surface area (Å²) in [6.07, 6.45) is 55.4. The second kappa shape index (κ2) is 51.4. The summed E-state index contributed by atoms with van der Waals surface area (Å²) in [5.41, 5.74) is 0. The number of ether oxygens (including phenoxy) is 3. The minimum Gasteiger partial charge on any atom is -0.462 e. The maximum Gasteiger partial charge on any atom is 0.306 e. The molecule has 0 rings (SSSR count). The van der Waals surface area contributed by atoms with Gasteiger partial charge in [0.15, 0.2) is 6.10 Å². The number of rotatable bonds is 52. The molecule has 374 valence electrons. The molecular formula is C57H110O6. The van der Waals surface area contributed by atoms with Crippen LogP contribution in [0.25, 0.3) is 0 Å². The first-order valence-electron chi connectivity index (χ1n) is 28.4. The highest BCUT2D eigenvalue weighted by molar-refractivity contribution is 5.71. The predicted molar refractivity (Wildman–Crippen MR) is 270 cm³/mol. The number of carbonyl (C=O) groups excluding carboxylic acids is 3. The van der Waals surface area contributed by atoms with Crippen LogP contribution in [0, 0.1) is 5.92 Å². The molecule has 1 atom stereocenters. The highest BCUT2D eigenvalue weighted by atomic mass is 16.6. The van der Waals surface area contributed by atoms with Crippen LogP contribution in [0.5, 0.6) is 0 Å². The van der Waals surface area contributed by atoms with Crippen LogP contribution in [-0.2, 0) is 28.6 Å². The first-order chi connectivity index (χ1) is 30.9. The van der Waals surface area contributed by atoms with Crippen molar-refractivity contribution in [1.82, 2.24) is 0 Å². The van der Waals surface area contributed by atoms with Crippen molar-refractivity contribution < 1.29 is 28.6 Å². The standard InChI is InChI=1S/C57H110O6/c1-5-7-9-11-13-14-15-16-17-18-19-20-25-28-31-34-38-42-46-50-57(60)63-54(51-61-55(58)48-44-40-35-12-10-8-6-2)52-62-56(59)49-45-41-37-33-30-27-24-22-21-23-26-29-32-36-39-43-47-53(3)4/h53-54H,5-52H2,1-4H3/t54-/m1/s1. The van der Waals surface area contributed by atoms with Gasteiger partial charge in [-0.2, -0.15) is 0 Å². The molecule has 0 N–H and O–H groups in total. The van der Waals surface area contributed by atoms with E-state index in [0.29, 0.717) is 19.3 Å². The fourth-order valence-electron chi connectivity index (χ4n) is 8.75. The van der Waals surface area contributed by atoms with Gasteiger partial charge in [-0.3, -0.25) is 14.4 Å². The molecule has 0 radical (unpaired) electrons. The topological polar surface area (TPSA) is 78.9 Å². The molecule has 0 aliphatic heterocycles.